The third kappa shape index (κ3) is 5.63. The van der Waals surface area contributed by atoms with E-state index in [9.17, 15) is 14.7 Å². The Hall–Kier alpha value is -2.21. The van der Waals surface area contributed by atoms with E-state index in [0.717, 1.165) is 11.1 Å². The van der Waals surface area contributed by atoms with Crippen LogP contribution in [0.2, 0.25) is 5.02 Å². The Bertz CT molecular complexity index is 766. The second kappa shape index (κ2) is 7.80. The Morgan fingerprint density at radius 2 is 1.93 bits per heavy atom. The molecule has 6 nitrogen and oxygen atoms in total. The first-order chi connectivity index (χ1) is 12.4. The van der Waals surface area contributed by atoms with Gasteiger partial charge in [0.2, 0.25) is 0 Å². The van der Waals surface area contributed by atoms with Crippen molar-refractivity contribution in [2.45, 2.75) is 47.1 Å². The van der Waals surface area contributed by atoms with Gasteiger partial charge in [-0.15, -0.1) is 0 Å². The van der Waals surface area contributed by atoms with Crippen LogP contribution in [0.4, 0.5) is 4.79 Å². The summed E-state index contributed by atoms with van der Waals surface area (Å²) in [5.74, 6) is -0.327. The molecule has 0 spiro atoms. The highest BCUT2D eigenvalue weighted by molar-refractivity contribution is 6.32. The summed E-state index contributed by atoms with van der Waals surface area (Å²) in [5.41, 5.74) is 0.874. The van der Waals surface area contributed by atoms with Crippen molar-refractivity contribution >= 4 is 23.6 Å². The molecule has 0 saturated heterocycles. The molecule has 7 heteroatoms. The molecule has 0 aliphatic carbocycles. The molecule has 1 atom stereocenters. The van der Waals surface area contributed by atoms with Crippen molar-refractivity contribution in [3.8, 4) is 5.75 Å². The second-order valence-electron chi connectivity index (χ2n) is 8.64. The van der Waals surface area contributed by atoms with Gasteiger partial charge in [0.05, 0.1) is 24.1 Å². The number of carboxylic acid groups (broad SMARTS) is 1. The Balaban J connectivity index is 2.32. The lowest BCUT2D eigenvalue weighted by atomic mass is 9.75. The quantitative estimate of drug-likeness (QED) is 0.662. The van der Waals surface area contributed by atoms with Crippen molar-refractivity contribution < 1.29 is 19.4 Å². The lowest BCUT2D eigenvalue weighted by Gasteiger charge is -2.36. The Morgan fingerprint density at radius 3 is 2.48 bits per heavy atom. The summed E-state index contributed by atoms with van der Waals surface area (Å²) in [6.07, 6.45) is 1.53. The van der Waals surface area contributed by atoms with E-state index in [-0.39, 0.29) is 17.9 Å². The molecular formula is C20H27ClN2O4. The number of rotatable bonds is 6. The number of carboxylic acids is 1. The van der Waals surface area contributed by atoms with Crippen molar-refractivity contribution in [2.75, 3.05) is 6.61 Å². The maximum Gasteiger partial charge on any atom is 0.319 e. The topological polar surface area (TPSA) is 87.7 Å². The maximum atomic E-state index is 11.9. The number of aliphatic carboxylic acids is 1. The lowest BCUT2D eigenvalue weighted by molar-refractivity contribution is -0.138. The van der Waals surface area contributed by atoms with Crippen molar-refractivity contribution in [2.24, 2.45) is 10.8 Å². The predicted molar refractivity (Wildman–Crippen MR) is 105 cm³/mol. The fourth-order valence-electron chi connectivity index (χ4n) is 2.91. The van der Waals surface area contributed by atoms with Gasteiger partial charge in [-0.2, -0.15) is 0 Å². The third-order valence-electron chi connectivity index (χ3n) is 4.27. The van der Waals surface area contributed by atoms with Crippen molar-refractivity contribution in [1.29, 1.82) is 0 Å². The Morgan fingerprint density at radius 1 is 1.26 bits per heavy atom. The van der Waals surface area contributed by atoms with Gasteiger partial charge in [0, 0.05) is 11.6 Å². The van der Waals surface area contributed by atoms with Crippen LogP contribution in [0.1, 0.15) is 52.6 Å². The van der Waals surface area contributed by atoms with Gasteiger partial charge in [-0.3, -0.25) is 4.79 Å². The molecule has 1 heterocycles. The molecule has 0 radical (unpaired) electrons. The summed E-state index contributed by atoms with van der Waals surface area (Å²) in [6.45, 7) is 10.4. The number of carbonyl (C=O) groups excluding carboxylic acids is 1. The zero-order valence-electron chi connectivity index (χ0n) is 16.4. The average molecular weight is 395 g/mol. The largest absolute Gasteiger partial charge is 0.491 e. The van der Waals surface area contributed by atoms with Gasteiger partial charge >= 0.3 is 12.0 Å². The molecule has 2 amide bonds. The van der Waals surface area contributed by atoms with E-state index in [2.05, 4.69) is 31.4 Å². The number of hydrogen-bond acceptors (Lipinski definition) is 3. The highest BCUT2D eigenvalue weighted by Crippen LogP contribution is 2.41. The predicted octanol–water partition coefficient (Wildman–Crippen LogP) is 4.50. The first-order valence-corrected chi connectivity index (χ1v) is 9.18. The molecular weight excluding hydrogens is 368 g/mol. The number of carbonyl (C=O) groups is 2. The molecule has 0 bridgehead atoms. The molecule has 0 aromatic heterocycles. The van der Waals surface area contributed by atoms with Crippen LogP contribution >= 0.6 is 11.6 Å². The van der Waals surface area contributed by atoms with E-state index in [4.69, 9.17) is 16.3 Å². The minimum atomic E-state index is -0.902. The van der Waals surface area contributed by atoms with Crippen LogP contribution in [0.5, 0.6) is 5.75 Å². The van der Waals surface area contributed by atoms with E-state index >= 15 is 0 Å². The highest BCUT2D eigenvalue weighted by atomic mass is 35.5. The molecule has 1 aromatic rings. The normalized spacial score (nSPS) is 17.6. The number of benzene rings is 1. The molecule has 0 saturated carbocycles. The standard InChI is InChI=1S/C20H27ClN2O4/c1-19(2,3)11-27-15-7-6-12(8-14(15)21)17-13(10-22-18(26)23-17)20(4,5)9-16(24)25/h6-8,10,17H,9,11H2,1-5H3,(H,24,25)(H2,22,23,26). The number of amides is 2. The molecule has 2 rings (SSSR count). The van der Waals surface area contributed by atoms with Gasteiger partial charge in [-0.25, -0.2) is 4.79 Å². The van der Waals surface area contributed by atoms with E-state index in [1.165, 1.54) is 0 Å². The summed E-state index contributed by atoms with van der Waals surface area (Å²) < 4.78 is 5.79. The second-order valence-corrected chi connectivity index (χ2v) is 9.05. The highest BCUT2D eigenvalue weighted by Gasteiger charge is 2.35. The number of ether oxygens (including phenoxy) is 1. The maximum absolute atomic E-state index is 11.9. The number of nitrogens with one attached hydrogen (secondary N) is 2. The van der Waals surface area contributed by atoms with Crippen LogP contribution in [0.25, 0.3) is 0 Å². The summed E-state index contributed by atoms with van der Waals surface area (Å²) in [5, 5.41) is 15.1. The zero-order chi connectivity index (χ0) is 20.4. The molecule has 0 fully saturated rings. The minimum absolute atomic E-state index is 0.00176. The molecule has 3 N–H and O–H groups in total. The van der Waals surface area contributed by atoms with Crippen molar-refractivity contribution in [3.05, 3.63) is 40.6 Å². The monoisotopic (exact) mass is 394 g/mol. The van der Waals surface area contributed by atoms with E-state index in [1.54, 1.807) is 18.3 Å². The molecule has 1 aliphatic heterocycles. The molecule has 1 aromatic carbocycles. The molecule has 27 heavy (non-hydrogen) atoms. The minimum Gasteiger partial charge on any atom is -0.491 e. The number of urea groups is 1. The van der Waals surface area contributed by atoms with Crippen LogP contribution in [0.15, 0.2) is 30.0 Å². The van der Waals surface area contributed by atoms with Gasteiger partial charge in [-0.05, 0) is 28.7 Å². The summed E-state index contributed by atoms with van der Waals surface area (Å²) in [7, 11) is 0. The van der Waals surface area contributed by atoms with E-state index in [0.29, 0.717) is 17.4 Å². The van der Waals surface area contributed by atoms with Crippen LogP contribution in [-0.4, -0.2) is 23.7 Å². The van der Waals surface area contributed by atoms with E-state index < -0.39 is 17.4 Å². The Kier molecular flexibility index (Phi) is 6.10. The fourth-order valence-corrected chi connectivity index (χ4v) is 3.16. The van der Waals surface area contributed by atoms with Gasteiger partial charge in [-0.1, -0.05) is 52.3 Å². The van der Waals surface area contributed by atoms with Gasteiger partial charge in [0.25, 0.3) is 0 Å². The van der Waals surface area contributed by atoms with Crippen LogP contribution in [0.3, 0.4) is 0 Å². The Labute approximate surface area is 164 Å². The average Bonchev–Trinajstić information content (AvgIpc) is 2.51. The van der Waals surface area contributed by atoms with Gasteiger partial charge < -0.3 is 20.5 Å². The SMILES string of the molecule is CC(C)(C)COc1ccc(C2NC(=O)NC=C2C(C)(C)CC(=O)O)cc1Cl. The lowest BCUT2D eigenvalue weighted by Crippen LogP contribution is -2.44. The van der Waals surface area contributed by atoms with E-state index in [1.807, 2.05) is 19.9 Å². The molecule has 148 valence electrons. The van der Waals surface area contributed by atoms with Crippen LogP contribution < -0.4 is 15.4 Å². The first-order valence-electron chi connectivity index (χ1n) is 8.81. The van der Waals surface area contributed by atoms with Gasteiger partial charge in [0.15, 0.2) is 0 Å². The number of hydrogen-bond donors (Lipinski definition) is 3. The summed E-state index contributed by atoms with van der Waals surface area (Å²) >= 11 is 6.39. The summed E-state index contributed by atoms with van der Waals surface area (Å²) in [6, 6.07) is 4.55. The molecule has 1 unspecified atom stereocenters. The smallest absolute Gasteiger partial charge is 0.319 e. The summed E-state index contributed by atoms with van der Waals surface area (Å²) in [4.78, 5) is 23.1. The first kappa shape index (κ1) is 21.1. The van der Waals surface area contributed by atoms with Crippen molar-refractivity contribution in [1.82, 2.24) is 10.6 Å². The zero-order valence-corrected chi connectivity index (χ0v) is 17.1. The third-order valence-corrected chi connectivity index (χ3v) is 4.57. The van der Waals surface area contributed by atoms with Gasteiger partial charge in [0.1, 0.15) is 5.75 Å². The van der Waals surface area contributed by atoms with Crippen LogP contribution in [-0.2, 0) is 4.79 Å². The van der Waals surface area contributed by atoms with Crippen LogP contribution in [0, 0.1) is 10.8 Å². The molecule has 1 aliphatic rings. The number of halogens is 1. The fraction of sp³-hybridized carbons (Fsp3) is 0.500. The van der Waals surface area contributed by atoms with Crippen molar-refractivity contribution in [3.63, 3.8) is 0 Å².